The zero-order valence-corrected chi connectivity index (χ0v) is 22.7. The topological polar surface area (TPSA) is 26.0 Å². The third-order valence-corrected chi connectivity index (χ3v) is 12.4. The Kier molecular flexibility index (Phi) is 6.06. The molecule has 0 aliphatic heterocycles. The van der Waals surface area contributed by atoms with Crippen molar-refractivity contribution in [2.75, 3.05) is 0 Å². The lowest BCUT2D eigenvalue weighted by Gasteiger charge is -2.34. The summed E-state index contributed by atoms with van der Waals surface area (Å²) in [6.07, 6.45) is 3.45. The van der Waals surface area contributed by atoms with E-state index in [4.69, 9.17) is 4.42 Å². The first kappa shape index (κ1) is 25.1. The van der Waals surface area contributed by atoms with Gasteiger partial charge in [0, 0.05) is 17.0 Å². The minimum atomic E-state index is -3.33. The normalized spacial score (nSPS) is 11.8. The third kappa shape index (κ3) is 4.24. The zero-order chi connectivity index (χ0) is 28.0. The Balaban J connectivity index is 1.44. The van der Waals surface area contributed by atoms with E-state index in [1.165, 1.54) is 36.4 Å². The highest BCUT2D eigenvalue weighted by molar-refractivity contribution is 7.19. The van der Waals surface area contributed by atoms with Crippen molar-refractivity contribution in [1.29, 1.82) is 0 Å². The average Bonchev–Trinajstić information content (AvgIpc) is 3.36. The van der Waals surface area contributed by atoms with Gasteiger partial charge < -0.3 is 4.42 Å². The SMILES string of the molecule is Fc1cccc([Si](c2ccc(-c3ccc4c(c3)oc3cnccc34)cc2)(c2cccc(F)c2)c2cccc(F)c2)c1. The molecule has 0 bridgehead atoms. The van der Waals surface area contributed by atoms with E-state index in [2.05, 4.69) is 4.98 Å². The molecule has 41 heavy (non-hydrogen) atoms. The number of pyridine rings is 1. The Bertz CT molecular complexity index is 1940. The van der Waals surface area contributed by atoms with Gasteiger partial charge in [0.05, 0.1) is 6.20 Å². The van der Waals surface area contributed by atoms with Crippen LogP contribution in [0.5, 0.6) is 0 Å². The molecule has 0 N–H and O–H groups in total. The van der Waals surface area contributed by atoms with Crippen LogP contribution >= 0.6 is 0 Å². The van der Waals surface area contributed by atoms with Gasteiger partial charge in [-0.05, 0) is 86.5 Å². The first-order chi connectivity index (χ1) is 20.0. The van der Waals surface area contributed by atoms with Gasteiger partial charge in [0.1, 0.15) is 23.0 Å². The molecule has 0 amide bonds. The van der Waals surface area contributed by atoms with Gasteiger partial charge in [0.2, 0.25) is 0 Å². The number of fused-ring (bicyclic) bond motifs is 3. The highest BCUT2D eigenvalue weighted by atomic mass is 28.3. The van der Waals surface area contributed by atoms with Crippen LogP contribution in [0.1, 0.15) is 0 Å². The number of nitrogens with zero attached hydrogens (tertiary/aromatic N) is 1. The molecule has 0 radical (unpaired) electrons. The summed E-state index contributed by atoms with van der Waals surface area (Å²) in [6.45, 7) is 0. The molecular formula is C35H22F3NOSi. The molecule has 2 nitrogen and oxygen atoms in total. The highest BCUT2D eigenvalue weighted by Gasteiger charge is 2.42. The zero-order valence-electron chi connectivity index (χ0n) is 21.7. The molecule has 0 aliphatic rings. The molecule has 7 aromatic rings. The second-order valence-electron chi connectivity index (χ2n) is 10.0. The van der Waals surface area contributed by atoms with E-state index >= 15 is 0 Å². The number of halogens is 3. The predicted octanol–water partition coefficient (Wildman–Crippen LogP) is 6.44. The van der Waals surface area contributed by atoms with E-state index in [9.17, 15) is 13.2 Å². The molecule has 0 saturated carbocycles. The van der Waals surface area contributed by atoms with Crippen LogP contribution in [0.4, 0.5) is 13.2 Å². The van der Waals surface area contributed by atoms with E-state index in [0.29, 0.717) is 15.6 Å². The Labute approximate surface area is 235 Å². The molecule has 0 spiro atoms. The molecule has 6 heteroatoms. The molecule has 5 aromatic carbocycles. The van der Waals surface area contributed by atoms with Crippen molar-refractivity contribution in [1.82, 2.24) is 4.98 Å². The van der Waals surface area contributed by atoms with Crippen LogP contribution in [0.2, 0.25) is 0 Å². The van der Waals surface area contributed by atoms with Crippen LogP contribution in [0.3, 0.4) is 0 Å². The van der Waals surface area contributed by atoms with Crippen molar-refractivity contribution in [3.8, 4) is 11.1 Å². The van der Waals surface area contributed by atoms with Gasteiger partial charge >= 0.3 is 0 Å². The Morgan fingerprint density at radius 1 is 0.488 bits per heavy atom. The van der Waals surface area contributed by atoms with Crippen molar-refractivity contribution >= 4 is 50.8 Å². The fraction of sp³-hybridized carbons (Fsp3) is 0. The fourth-order valence-corrected chi connectivity index (χ4v) is 10.7. The van der Waals surface area contributed by atoms with E-state index < -0.39 is 25.5 Å². The fourth-order valence-electron chi connectivity index (χ4n) is 5.89. The summed E-state index contributed by atoms with van der Waals surface area (Å²) in [4.78, 5) is 4.15. The standard InChI is InChI=1S/C35H22F3NOSi/c36-25-4-1-7-29(19-25)41(30-8-2-5-26(37)20-30,31-9-3-6-27(38)21-31)28-13-10-23(11-14-28)24-12-15-32-33-16-17-39-22-35(33)40-34(32)18-24/h1-22H. The number of furan rings is 1. The molecule has 0 saturated heterocycles. The maximum Gasteiger partial charge on any atom is 0.179 e. The molecule has 2 heterocycles. The Morgan fingerprint density at radius 3 is 1.59 bits per heavy atom. The van der Waals surface area contributed by atoms with Crippen molar-refractivity contribution in [2.45, 2.75) is 0 Å². The summed E-state index contributed by atoms with van der Waals surface area (Å²) in [5, 5.41) is 4.97. The summed E-state index contributed by atoms with van der Waals surface area (Å²) in [7, 11) is -3.33. The molecule has 0 fully saturated rings. The predicted molar refractivity (Wildman–Crippen MR) is 160 cm³/mol. The Hall–Kier alpha value is -4.94. The monoisotopic (exact) mass is 557 g/mol. The quantitative estimate of drug-likeness (QED) is 0.180. The number of benzene rings is 5. The van der Waals surface area contributed by atoms with Crippen LogP contribution in [-0.4, -0.2) is 13.1 Å². The van der Waals surface area contributed by atoms with Gasteiger partial charge in [0.15, 0.2) is 13.7 Å². The van der Waals surface area contributed by atoms with Gasteiger partial charge in [-0.2, -0.15) is 0 Å². The van der Waals surface area contributed by atoms with Crippen molar-refractivity contribution < 1.29 is 17.6 Å². The summed E-state index contributed by atoms with van der Waals surface area (Å²) in [5.41, 5.74) is 3.41. The maximum absolute atomic E-state index is 14.8. The van der Waals surface area contributed by atoms with Gasteiger partial charge in [-0.15, -0.1) is 0 Å². The second kappa shape index (κ2) is 9.91. The molecule has 0 atom stereocenters. The van der Waals surface area contributed by atoms with Crippen molar-refractivity contribution in [2.24, 2.45) is 0 Å². The van der Waals surface area contributed by atoms with E-state index in [0.717, 1.165) is 38.3 Å². The van der Waals surface area contributed by atoms with Crippen molar-refractivity contribution in [3.63, 3.8) is 0 Å². The summed E-state index contributed by atoms with van der Waals surface area (Å²) in [5.74, 6) is -1.21. The second-order valence-corrected chi connectivity index (χ2v) is 13.9. The summed E-state index contributed by atoms with van der Waals surface area (Å²) >= 11 is 0. The number of hydrogen-bond acceptors (Lipinski definition) is 2. The van der Waals surface area contributed by atoms with E-state index in [1.807, 2.05) is 66.7 Å². The Morgan fingerprint density at radius 2 is 1.02 bits per heavy atom. The van der Waals surface area contributed by atoms with Crippen LogP contribution in [0.15, 0.2) is 138 Å². The number of rotatable bonds is 5. The minimum absolute atomic E-state index is 0.405. The first-order valence-electron chi connectivity index (χ1n) is 13.2. The maximum atomic E-state index is 14.8. The smallest absolute Gasteiger partial charge is 0.179 e. The van der Waals surface area contributed by atoms with Gasteiger partial charge in [0.25, 0.3) is 0 Å². The lowest BCUT2D eigenvalue weighted by Crippen LogP contribution is -2.75. The van der Waals surface area contributed by atoms with Crippen LogP contribution in [-0.2, 0) is 0 Å². The van der Waals surface area contributed by atoms with E-state index in [-0.39, 0.29) is 0 Å². The lowest BCUT2D eigenvalue weighted by molar-refractivity contribution is 0.629. The van der Waals surface area contributed by atoms with Crippen LogP contribution in [0, 0.1) is 17.5 Å². The lowest BCUT2D eigenvalue weighted by atomic mass is 10.0. The minimum Gasteiger partial charge on any atom is -0.454 e. The molecule has 2 aromatic heterocycles. The summed E-state index contributed by atoms with van der Waals surface area (Å²) in [6, 6.07) is 35.1. The van der Waals surface area contributed by atoms with E-state index in [1.54, 1.807) is 30.6 Å². The van der Waals surface area contributed by atoms with Gasteiger partial charge in [-0.3, -0.25) is 4.98 Å². The molecule has 198 valence electrons. The van der Waals surface area contributed by atoms with Gasteiger partial charge in [-0.25, -0.2) is 13.2 Å². The average molecular weight is 558 g/mol. The van der Waals surface area contributed by atoms with Gasteiger partial charge in [-0.1, -0.05) is 66.7 Å². The summed E-state index contributed by atoms with van der Waals surface area (Å²) < 4.78 is 50.3. The molecule has 7 rings (SSSR count). The van der Waals surface area contributed by atoms with Crippen molar-refractivity contribution in [3.05, 3.63) is 151 Å². The van der Waals surface area contributed by atoms with Crippen LogP contribution < -0.4 is 20.7 Å². The largest absolute Gasteiger partial charge is 0.454 e. The molecule has 0 aliphatic carbocycles. The highest BCUT2D eigenvalue weighted by Crippen LogP contribution is 2.31. The molecular weight excluding hydrogens is 535 g/mol. The number of aromatic nitrogens is 1. The number of hydrogen-bond donors (Lipinski definition) is 0. The first-order valence-corrected chi connectivity index (χ1v) is 15.2. The molecule has 0 unspecified atom stereocenters. The third-order valence-electron chi connectivity index (χ3n) is 7.70. The van der Waals surface area contributed by atoms with Crippen LogP contribution in [0.25, 0.3) is 33.1 Å².